The number of rotatable bonds is 3. The maximum Gasteiger partial charge on any atom is 0.265 e. The first kappa shape index (κ1) is 14.6. The molecular weight excluding hydrogens is 394 g/mol. The number of nitrogens with zero attached hydrogens (tertiary/aromatic N) is 1. The summed E-state index contributed by atoms with van der Waals surface area (Å²) >= 11 is 6.59. The Labute approximate surface area is 129 Å². The fourth-order valence-electron chi connectivity index (χ4n) is 1.61. The number of halogens is 2. The van der Waals surface area contributed by atoms with Gasteiger partial charge in [0.2, 0.25) is 0 Å². The van der Waals surface area contributed by atoms with Crippen LogP contribution < -0.4 is 4.31 Å². The Morgan fingerprint density at radius 3 is 2.21 bits per heavy atom. The topological polar surface area (TPSA) is 37.4 Å². The molecule has 0 fully saturated rings. The van der Waals surface area contributed by atoms with Gasteiger partial charge in [0.25, 0.3) is 10.0 Å². The van der Waals surface area contributed by atoms with Crippen LogP contribution in [0.4, 0.5) is 5.69 Å². The zero-order valence-corrected chi connectivity index (χ0v) is 14.0. The molecule has 0 bridgehead atoms. The molecule has 0 aliphatic carbocycles. The summed E-state index contributed by atoms with van der Waals surface area (Å²) < 4.78 is 27.7. The van der Waals surface area contributed by atoms with Gasteiger partial charge in [0.05, 0.1) is 5.69 Å². The monoisotopic (exact) mass is 403 g/mol. The Morgan fingerprint density at radius 1 is 1.00 bits per heavy atom. The number of para-hydroxylation sites is 1. The molecule has 0 saturated heterocycles. The first-order chi connectivity index (χ1) is 8.93. The molecule has 6 heteroatoms. The molecule has 3 nitrogen and oxygen atoms in total. The van der Waals surface area contributed by atoms with E-state index in [0.717, 1.165) is 4.47 Å². The first-order valence-electron chi connectivity index (χ1n) is 5.42. The highest BCUT2D eigenvalue weighted by Crippen LogP contribution is 2.29. The van der Waals surface area contributed by atoms with Gasteiger partial charge in [-0.3, -0.25) is 4.31 Å². The molecule has 0 N–H and O–H groups in total. The minimum atomic E-state index is -3.57. The van der Waals surface area contributed by atoms with Crippen molar-refractivity contribution < 1.29 is 8.42 Å². The van der Waals surface area contributed by atoms with Crippen molar-refractivity contribution in [2.45, 2.75) is 4.90 Å². The lowest BCUT2D eigenvalue weighted by atomic mass is 10.3. The Hall–Kier alpha value is -0.850. The fourth-order valence-corrected chi connectivity index (χ4v) is 4.51. The van der Waals surface area contributed by atoms with E-state index in [1.165, 1.54) is 4.31 Å². The molecular formula is C13H11Br2NO2S. The van der Waals surface area contributed by atoms with Gasteiger partial charge in [-0.05, 0) is 46.3 Å². The van der Waals surface area contributed by atoms with Gasteiger partial charge in [-0.1, -0.05) is 34.1 Å². The van der Waals surface area contributed by atoms with Gasteiger partial charge in [-0.2, -0.15) is 0 Å². The van der Waals surface area contributed by atoms with E-state index in [4.69, 9.17) is 0 Å². The molecule has 0 aromatic heterocycles. The van der Waals surface area contributed by atoms with Crippen LogP contribution in [0.25, 0.3) is 0 Å². The maximum absolute atomic E-state index is 12.5. The number of hydrogen-bond donors (Lipinski definition) is 0. The zero-order valence-electron chi connectivity index (χ0n) is 10.0. The second-order valence-corrected chi connectivity index (χ2v) is 7.59. The molecule has 0 radical (unpaired) electrons. The summed E-state index contributed by atoms with van der Waals surface area (Å²) in [5.74, 6) is 0. The van der Waals surface area contributed by atoms with Gasteiger partial charge in [-0.25, -0.2) is 8.42 Å². The van der Waals surface area contributed by atoms with Crippen LogP contribution in [-0.4, -0.2) is 15.5 Å². The van der Waals surface area contributed by atoms with E-state index in [0.29, 0.717) is 10.2 Å². The van der Waals surface area contributed by atoms with Crippen molar-refractivity contribution in [3.63, 3.8) is 0 Å². The van der Waals surface area contributed by atoms with Crippen molar-refractivity contribution in [3.8, 4) is 0 Å². The average molecular weight is 405 g/mol. The summed E-state index contributed by atoms with van der Waals surface area (Å²) in [6.07, 6.45) is 0. The third-order valence-electron chi connectivity index (χ3n) is 2.65. The molecule has 0 aliphatic rings. The van der Waals surface area contributed by atoms with Gasteiger partial charge in [0, 0.05) is 16.0 Å². The second-order valence-electron chi connectivity index (χ2n) is 3.88. The lowest BCUT2D eigenvalue weighted by molar-refractivity contribution is 0.594. The van der Waals surface area contributed by atoms with Crippen molar-refractivity contribution in [3.05, 3.63) is 57.5 Å². The second kappa shape index (κ2) is 5.64. The van der Waals surface area contributed by atoms with E-state index >= 15 is 0 Å². The van der Waals surface area contributed by atoms with Crippen molar-refractivity contribution in [2.24, 2.45) is 0 Å². The molecule has 2 aromatic rings. The van der Waals surface area contributed by atoms with Crippen LogP contribution in [0.3, 0.4) is 0 Å². The SMILES string of the molecule is CN(c1ccccc1)S(=O)(=O)c1ccc(Br)cc1Br. The van der Waals surface area contributed by atoms with Crippen LogP contribution in [0.5, 0.6) is 0 Å². The van der Waals surface area contributed by atoms with Crippen LogP contribution in [-0.2, 0) is 10.0 Å². The van der Waals surface area contributed by atoms with Crippen molar-refractivity contribution in [1.82, 2.24) is 0 Å². The number of sulfonamides is 1. The molecule has 0 amide bonds. The standard InChI is InChI=1S/C13H11Br2NO2S/c1-16(11-5-3-2-4-6-11)19(17,18)13-8-7-10(14)9-12(13)15/h2-9H,1H3. The predicted molar refractivity (Wildman–Crippen MR) is 83.9 cm³/mol. The van der Waals surface area contributed by atoms with Crippen molar-refractivity contribution in [2.75, 3.05) is 11.4 Å². The van der Waals surface area contributed by atoms with E-state index in [1.54, 1.807) is 49.5 Å². The molecule has 0 spiro atoms. The van der Waals surface area contributed by atoms with Crippen LogP contribution >= 0.6 is 31.9 Å². The molecule has 2 aromatic carbocycles. The number of benzene rings is 2. The van der Waals surface area contributed by atoms with E-state index in [-0.39, 0.29) is 4.90 Å². The molecule has 0 atom stereocenters. The Kier molecular flexibility index (Phi) is 4.32. The van der Waals surface area contributed by atoms with Crippen molar-refractivity contribution >= 4 is 47.6 Å². The molecule has 0 unspecified atom stereocenters. The zero-order chi connectivity index (χ0) is 14.0. The Balaban J connectivity index is 2.48. The van der Waals surface area contributed by atoms with Crippen LogP contribution in [0.2, 0.25) is 0 Å². The molecule has 100 valence electrons. The van der Waals surface area contributed by atoms with E-state index in [9.17, 15) is 8.42 Å². The van der Waals surface area contributed by atoms with Gasteiger partial charge in [-0.15, -0.1) is 0 Å². The predicted octanol–water partition coefficient (Wildman–Crippen LogP) is 4.04. The van der Waals surface area contributed by atoms with Crippen LogP contribution in [0, 0.1) is 0 Å². The summed E-state index contributed by atoms with van der Waals surface area (Å²) in [6.45, 7) is 0. The van der Waals surface area contributed by atoms with E-state index in [2.05, 4.69) is 31.9 Å². The number of hydrogen-bond acceptors (Lipinski definition) is 2. The Bertz CT molecular complexity index is 687. The molecule has 0 heterocycles. The summed E-state index contributed by atoms with van der Waals surface area (Å²) in [4.78, 5) is 0.238. The van der Waals surface area contributed by atoms with Gasteiger partial charge in [0.15, 0.2) is 0 Å². The maximum atomic E-state index is 12.5. The average Bonchev–Trinajstić information content (AvgIpc) is 2.38. The lowest BCUT2D eigenvalue weighted by Gasteiger charge is -2.20. The summed E-state index contributed by atoms with van der Waals surface area (Å²) in [7, 11) is -2.03. The van der Waals surface area contributed by atoms with Gasteiger partial charge in [0.1, 0.15) is 4.90 Å². The van der Waals surface area contributed by atoms with Crippen molar-refractivity contribution in [1.29, 1.82) is 0 Å². The number of anilines is 1. The normalized spacial score (nSPS) is 11.3. The summed E-state index contributed by atoms with van der Waals surface area (Å²) in [5, 5.41) is 0. The molecule has 2 rings (SSSR count). The first-order valence-corrected chi connectivity index (χ1v) is 8.44. The van der Waals surface area contributed by atoms with Crippen LogP contribution in [0.15, 0.2) is 62.4 Å². The van der Waals surface area contributed by atoms with Gasteiger partial charge >= 0.3 is 0 Å². The molecule has 0 aliphatic heterocycles. The van der Waals surface area contributed by atoms with E-state index in [1.807, 2.05) is 6.07 Å². The van der Waals surface area contributed by atoms with Gasteiger partial charge < -0.3 is 0 Å². The highest BCUT2D eigenvalue weighted by Gasteiger charge is 2.23. The summed E-state index contributed by atoms with van der Waals surface area (Å²) in [5.41, 5.74) is 0.623. The highest BCUT2D eigenvalue weighted by molar-refractivity contribution is 9.11. The Morgan fingerprint density at radius 2 is 1.63 bits per heavy atom. The molecule has 19 heavy (non-hydrogen) atoms. The van der Waals surface area contributed by atoms with Crippen LogP contribution in [0.1, 0.15) is 0 Å². The quantitative estimate of drug-likeness (QED) is 0.774. The fraction of sp³-hybridized carbons (Fsp3) is 0.0769. The minimum absolute atomic E-state index is 0.238. The minimum Gasteiger partial charge on any atom is -0.269 e. The lowest BCUT2D eigenvalue weighted by Crippen LogP contribution is -2.26. The van der Waals surface area contributed by atoms with E-state index < -0.39 is 10.0 Å². The smallest absolute Gasteiger partial charge is 0.265 e. The molecule has 0 saturated carbocycles. The highest BCUT2D eigenvalue weighted by atomic mass is 79.9. The third kappa shape index (κ3) is 3.01. The third-order valence-corrected chi connectivity index (χ3v) is 5.91. The summed E-state index contributed by atoms with van der Waals surface area (Å²) in [6, 6.07) is 14.0. The largest absolute Gasteiger partial charge is 0.269 e.